The van der Waals surface area contributed by atoms with Gasteiger partial charge in [-0.1, -0.05) is 11.8 Å². The average molecular weight is 355 g/mol. The standard InChI is InChI=1S/C16H16F3N3OS/c1-10(24-15-20-8-9-22(15)13-6-7-13)14(23)21-12-4-2-11(3-5-12)16(17,18)19/h2-5,8-10,13H,6-7H2,1H3,(H,21,23). The van der Waals surface area contributed by atoms with Crippen molar-refractivity contribution < 1.29 is 18.0 Å². The number of hydrogen-bond donors (Lipinski definition) is 1. The first kappa shape index (κ1) is 16.9. The van der Waals surface area contributed by atoms with Gasteiger partial charge in [-0.3, -0.25) is 4.79 Å². The van der Waals surface area contributed by atoms with E-state index < -0.39 is 17.0 Å². The van der Waals surface area contributed by atoms with Gasteiger partial charge in [0.1, 0.15) is 0 Å². The molecule has 4 nitrogen and oxygen atoms in total. The van der Waals surface area contributed by atoms with Crippen molar-refractivity contribution in [3.05, 3.63) is 42.2 Å². The molecule has 8 heteroatoms. The highest BCUT2D eigenvalue weighted by Crippen LogP contribution is 2.38. The van der Waals surface area contributed by atoms with E-state index in [1.807, 2.05) is 6.20 Å². The van der Waals surface area contributed by atoms with Crippen LogP contribution in [0, 0.1) is 0 Å². The number of nitrogens with one attached hydrogen (secondary N) is 1. The number of nitrogens with zero attached hydrogens (tertiary/aromatic N) is 2. The number of thioether (sulfide) groups is 1. The summed E-state index contributed by atoms with van der Waals surface area (Å²) in [6, 6.07) is 4.88. The van der Waals surface area contributed by atoms with Crippen molar-refractivity contribution in [2.24, 2.45) is 0 Å². The predicted octanol–water partition coefficient (Wildman–Crippen LogP) is 4.36. The average Bonchev–Trinajstić information content (AvgIpc) is 3.27. The molecule has 0 spiro atoms. The lowest BCUT2D eigenvalue weighted by Crippen LogP contribution is -2.23. The second kappa shape index (κ2) is 6.51. The minimum Gasteiger partial charge on any atom is -0.325 e. The molecule has 1 amide bonds. The highest BCUT2D eigenvalue weighted by molar-refractivity contribution is 8.00. The maximum Gasteiger partial charge on any atom is 0.416 e. The second-order valence-electron chi connectivity index (χ2n) is 5.67. The Balaban J connectivity index is 1.60. The Morgan fingerprint density at radius 3 is 2.58 bits per heavy atom. The molecule has 1 N–H and O–H groups in total. The Hall–Kier alpha value is -1.96. The fourth-order valence-corrected chi connectivity index (χ4v) is 3.15. The van der Waals surface area contributed by atoms with Crippen LogP contribution in [0.25, 0.3) is 0 Å². The van der Waals surface area contributed by atoms with Crippen molar-refractivity contribution in [2.75, 3.05) is 5.32 Å². The summed E-state index contributed by atoms with van der Waals surface area (Å²) >= 11 is 1.34. The van der Waals surface area contributed by atoms with E-state index in [1.54, 1.807) is 13.1 Å². The molecule has 2 aromatic rings. The molecular formula is C16H16F3N3OS. The third-order valence-electron chi connectivity index (χ3n) is 3.70. The summed E-state index contributed by atoms with van der Waals surface area (Å²) in [6.45, 7) is 1.75. The van der Waals surface area contributed by atoms with E-state index in [0.29, 0.717) is 11.7 Å². The van der Waals surface area contributed by atoms with E-state index in [4.69, 9.17) is 0 Å². The molecule has 0 radical (unpaired) electrons. The number of halogens is 3. The first-order chi connectivity index (χ1) is 11.3. The highest BCUT2D eigenvalue weighted by atomic mass is 32.2. The molecule has 128 valence electrons. The lowest BCUT2D eigenvalue weighted by Gasteiger charge is -2.13. The number of alkyl halides is 3. The molecule has 1 aromatic heterocycles. The SMILES string of the molecule is CC(Sc1nccn1C1CC1)C(=O)Nc1ccc(C(F)(F)F)cc1. The molecule has 1 fully saturated rings. The van der Waals surface area contributed by atoms with E-state index in [0.717, 1.165) is 30.1 Å². The van der Waals surface area contributed by atoms with Crippen LogP contribution in [0.3, 0.4) is 0 Å². The fraction of sp³-hybridized carbons (Fsp3) is 0.375. The van der Waals surface area contributed by atoms with Gasteiger partial charge in [0.2, 0.25) is 5.91 Å². The number of hydrogen-bond acceptors (Lipinski definition) is 3. The van der Waals surface area contributed by atoms with Crippen molar-refractivity contribution >= 4 is 23.4 Å². The molecule has 1 aromatic carbocycles. The van der Waals surface area contributed by atoms with Gasteiger partial charge in [-0.2, -0.15) is 13.2 Å². The summed E-state index contributed by atoms with van der Waals surface area (Å²) in [5, 5.41) is 3.01. The zero-order valence-corrected chi connectivity index (χ0v) is 13.7. The Morgan fingerprint density at radius 2 is 2.00 bits per heavy atom. The van der Waals surface area contributed by atoms with Crippen molar-refractivity contribution in [3.8, 4) is 0 Å². The van der Waals surface area contributed by atoms with Gasteiger partial charge >= 0.3 is 6.18 Å². The number of benzene rings is 1. The minimum absolute atomic E-state index is 0.273. The van der Waals surface area contributed by atoms with Gasteiger partial charge in [0.05, 0.1) is 10.8 Å². The molecule has 1 atom stereocenters. The molecule has 1 aliphatic carbocycles. The molecule has 1 aliphatic rings. The molecule has 0 saturated heterocycles. The van der Waals surface area contributed by atoms with E-state index >= 15 is 0 Å². The topological polar surface area (TPSA) is 46.9 Å². The largest absolute Gasteiger partial charge is 0.416 e. The maximum absolute atomic E-state index is 12.5. The second-order valence-corrected chi connectivity index (χ2v) is 6.98. The normalized spacial score (nSPS) is 16.0. The number of carbonyl (C=O) groups excluding carboxylic acids is 1. The monoisotopic (exact) mass is 355 g/mol. The van der Waals surface area contributed by atoms with Gasteiger partial charge in [-0.25, -0.2) is 4.98 Å². The van der Waals surface area contributed by atoms with E-state index in [1.165, 1.54) is 23.9 Å². The zero-order chi connectivity index (χ0) is 17.3. The van der Waals surface area contributed by atoms with Crippen LogP contribution in [0.15, 0.2) is 41.8 Å². The maximum atomic E-state index is 12.5. The van der Waals surface area contributed by atoms with Crippen LogP contribution < -0.4 is 5.32 Å². The van der Waals surface area contributed by atoms with Crippen LogP contribution >= 0.6 is 11.8 Å². The van der Waals surface area contributed by atoms with Crippen LogP contribution in [-0.2, 0) is 11.0 Å². The molecule has 24 heavy (non-hydrogen) atoms. The van der Waals surface area contributed by atoms with Crippen molar-refractivity contribution in [1.82, 2.24) is 9.55 Å². The third kappa shape index (κ3) is 3.92. The van der Waals surface area contributed by atoms with Gasteiger partial charge in [-0.15, -0.1) is 0 Å². The Kier molecular flexibility index (Phi) is 4.58. The molecular weight excluding hydrogens is 339 g/mol. The molecule has 0 bridgehead atoms. The lowest BCUT2D eigenvalue weighted by molar-refractivity contribution is -0.137. The molecule has 1 saturated carbocycles. The number of anilines is 1. The van der Waals surface area contributed by atoms with Gasteiger partial charge in [0, 0.05) is 24.1 Å². The van der Waals surface area contributed by atoms with Crippen LogP contribution in [0.5, 0.6) is 0 Å². The summed E-state index contributed by atoms with van der Waals surface area (Å²) < 4.78 is 39.7. The van der Waals surface area contributed by atoms with Crippen LogP contribution in [-0.4, -0.2) is 20.7 Å². The fourth-order valence-electron chi connectivity index (χ4n) is 2.22. The van der Waals surface area contributed by atoms with Crippen LogP contribution in [0.2, 0.25) is 0 Å². The summed E-state index contributed by atoms with van der Waals surface area (Å²) in [5.41, 5.74) is -0.402. The predicted molar refractivity (Wildman–Crippen MR) is 85.9 cm³/mol. The van der Waals surface area contributed by atoms with Gasteiger partial charge in [0.15, 0.2) is 5.16 Å². The summed E-state index contributed by atoms with van der Waals surface area (Å²) in [6.07, 6.45) is 1.47. The number of aromatic nitrogens is 2. The van der Waals surface area contributed by atoms with Gasteiger partial charge < -0.3 is 9.88 Å². The lowest BCUT2D eigenvalue weighted by atomic mass is 10.2. The molecule has 1 heterocycles. The van der Waals surface area contributed by atoms with Gasteiger partial charge in [-0.05, 0) is 44.0 Å². The Morgan fingerprint density at radius 1 is 1.33 bits per heavy atom. The summed E-state index contributed by atoms with van der Waals surface area (Å²) in [5.74, 6) is -0.273. The smallest absolute Gasteiger partial charge is 0.325 e. The van der Waals surface area contributed by atoms with Gasteiger partial charge in [0.25, 0.3) is 0 Å². The van der Waals surface area contributed by atoms with E-state index in [9.17, 15) is 18.0 Å². The number of rotatable bonds is 5. The zero-order valence-electron chi connectivity index (χ0n) is 12.9. The quantitative estimate of drug-likeness (QED) is 0.811. The number of amides is 1. The number of carbonyl (C=O) groups is 1. The first-order valence-electron chi connectivity index (χ1n) is 7.52. The summed E-state index contributed by atoms with van der Waals surface area (Å²) in [4.78, 5) is 16.5. The van der Waals surface area contributed by atoms with Crippen LogP contribution in [0.4, 0.5) is 18.9 Å². The highest BCUT2D eigenvalue weighted by Gasteiger charge is 2.30. The minimum atomic E-state index is -4.38. The molecule has 1 unspecified atom stereocenters. The Labute approximate surface area is 141 Å². The van der Waals surface area contributed by atoms with E-state index in [2.05, 4.69) is 14.9 Å². The van der Waals surface area contributed by atoms with Crippen molar-refractivity contribution in [1.29, 1.82) is 0 Å². The number of imidazole rings is 1. The molecule has 0 aliphatic heterocycles. The summed E-state index contributed by atoms with van der Waals surface area (Å²) in [7, 11) is 0. The first-order valence-corrected chi connectivity index (χ1v) is 8.40. The molecule has 3 rings (SSSR count). The van der Waals surface area contributed by atoms with E-state index in [-0.39, 0.29) is 5.91 Å². The van der Waals surface area contributed by atoms with Crippen LogP contribution in [0.1, 0.15) is 31.4 Å². The Bertz CT molecular complexity index is 723. The van der Waals surface area contributed by atoms with Crippen molar-refractivity contribution in [2.45, 2.75) is 42.4 Å². The van der Waals surface area contributed by atoms with Crippen molar-refractivity contribution in [3.63, 3.8) is 0 Å². The third-order valence-corrected chi connectivity index (χ3v) is 4.80.